The quantitative estimate of drug-likeness (QED) is 0.823. The first-order chi connectivity index (χ1) is 13.4. The number of carbonyl (C=O) groups is 2. The fraction of sp³-hybridized carbons (Fsp3) is 0.391. The number of nitrogens with one attached hydrogen (secondary N) is 1. The highest BCUT2D eigenvalue weighted by atomic mass is 16.5. The maximum atomic E-state index is 12.6. The molecule has 0 radical (unpaired) electrons. The molecule has 28 heavy (non-hydrogen) atoms. The van der Waals surface area contributed by atoms with Gasteiger partial charge in [0.2, 0.25) is 5.91 Å². The zero-order valence-electron chi connectivity index (χ0n) is 16.8. The molecule has 2 amide bonds. The summed E-state index contributed by atoms with van der Waals surface area (Å²) in [6.07, 6.45) is 0.762. The maximum absolute atomic E-state index is 12.6. The molecule has 0 spiro atoms. The molecule has 0 fully saturated rings. The first-order valence-corrected chi connectivity index (χ1v) is 9.84. The number of anilines is 1. The van der Waals surface area contributed by atoms with E-state index in [4.69, 9.17) is 4.74 Å². The van der Waals surface area contributed by atoms with E-state index in [-0.39, 0.29) is 11.8 Å². The summed E-state index contributed by atoms with van der Waals surface area (Å²) in [7, 11) is 0. The zero-order valence-corrected chi connectivity index (χ0v) is 16.8. The van der Waals surface area contributed by atoms with Crippen LogP contribution in [0.1, 0.15) is 38.3 Å². The van der Waals surface area contributed by atoms with E-state index in [0.717, 1.165) is 17.5 Å². The Kier molecular flexibility index (Phi) is 6.34. The molecule has 1 unspecified atom stereocenters. The van der Waals surface area contributed by atoms with Gasteiger partial charge >= 0.3 is 0 Å². The molecule has 1 atom stereocenters. The molecular weight excluding hydrogens is 352 g/mol. The second-order valence-corrected chi connectivity index (χ2v) is 7.74. The monoisotopic (exact) mass is 380 g/mol. The second kappa shape index (κ2) is 8.91. The second-order valence-electron chi connectivity index (χ2n) is 7.74. The lowest BCUT2D eigenvalue weighted by molar-refractivity contribution is -0.137. The Bertz CT molecular complexity index is 833. The minimum absolute atomic E-state index is 0.00603. The Morgan fingerprint density at radius 3 is 2.68 bits per heavy atom. The average Bonchev–Trinajstić information content (AvgIpc) is 2.77. The average molecular weight is 380 g/mol. The molecule has 3 rings (SSSR count). The first kappa shape index (κ1) is 19.9. The lowest BCUT2D eigenvalue weighted by atomic mass is 10.1. The van der Waals surface area contributed by atoms with Crippen molar-refractivity contribution in [3.05, 3.63) is 59.7 Å². The van der Waals surface area contributed by atoms with Gasteiger partial charge in [-0.3, -0.25) is 9.59 Å². The summed E-state index contributed by atoms with van der Waals surface area (Å²) in [5, 5.41) is 2.95. The summed E-state index contributed by atoms with van der Waals surface area (Å²) < 4.78 is 5.86. The van der Waals surface area contributed by atoms with E-state index in [1.807, 2.05) is 53.4 Å². The summed E-state index contributed by atoms with van der Waals surface area (Å²) in [6, 6.07) is 15.2. The van der Waals surface area contributed by atoms with Crippen molar-refractivity contribution < 1.29 is 14.3 Å². The van der Waals surface area contributed by atoms with E-state index in [1.165, 1.54) is 0 Å². The molecule has 2 aromatic carbocycles. The molecule has 0 bridgehead atoms. The van der Waals surface area contributed by atoms with E-state index < -0.39 is 6.10 Å². The van der Waals surface area contributed by atoms with Gasteiger partial charge in [-0.05, 0) is 43.0 Å². The number of ether oxygens (including phenoxy) is 1. The standard InChI is InChI=1S/C23H28N2O3/c1-16(2)11-12-25-15-19-14-20(9-10-21(19)28-17(3)23(25)27)24-22(26)13-18-7-5-4-6-8-18/h4-10,14,16-17H,11-13,15H2,1-3H3,(H,24,26). The number of rotatable bonds is 6. The van der Waals surface area contributed by atoms with E-state index in [9.17, 15) is 9.59 Å². The zero-order chi connectivity index (χ0) is 20.1. The van der Waals surface area contributed by atoms with Crippen LogP contribution in [0.25, 0.3) is 0 Å². The summed E-state index contributed by atoms with van der Waals surface area (Å²) in [5.74, 6) is 1.16. The number of carbonyl (C=O) groups excluding carboxylic acids is 2. The van der Waals surface area contributed by atoms with Crippen molar-refractivity contribution in [3.8, 4) is 5.75 Å². The topological polar surface area (TPSA) is 58.6 Å². The van der Waals surface area contributed by atoms with Crippen LogP contribution >= 0.6 is 0 Å². The van der Waals surface area contributed by atoms with E-state index in [0.29, 0.717) is 36.9 Å². The third kappa shape index (κ3) is 5.12. The summed E-state index contributed by atoms with van der Waals surface area (Å²) in [4.78, 5) is 26.8. The normalized spacial score (nSPS) is 16.4. The van der Waals surface area contributed by atoms with Gasteiger partial charge in [0.1, 0.15) is 5.75 Å². The summed E-state index contributed by atoms with van der Waals surface area (Å²) in [5.41, 5.74) is 2.60. The molecule has 1 aliphatic rings. The fourth-order valence-electron chi connectivity index (χ4n) is 3.27. The van der Waals surface area contributed by atoms with Gasteiger partial charge in [-0.15, -0.1) is 0 Å². The molecule has 2 aromatic rings. The van der Waals surface area contributed by atoms with Crippen LogP contribution in [-0.2, 0) is 22.6 Å². The highest BCUT2D eigenvalue weighted by molar-refractivity contribution is 5.92. The Morgan fingerprint density at radius 1 is 1.21 bits per heavy atom. The number of nitrogens with zero attached hydrogens (tertiary/aromatic N) is 1. The van der Waals surface area contributed by atoms with Crippen molar-refractivity contribution in [3.63, 3.8) is 0 Å². The Balaban J connectivity index is 1.73. The molecule has 5 heteroatoms. The van der Waals surface area contributed by atoms with Crippen molar-refractivity contribution in [1.82, 2.24) is 4.90 Å². The van der Waals surface area contributed by atoms with Gasteiger partial charge in [0.15, 0.2) is 6.10 Å². The number of benzene rings is 2. The van der Waals surface area contributed by atoms with Gasteiger partial charge in [-0.25, -0.2) is 0 Å². The molecule has 1 N–H and O–H groups in total. The lowest BCUT2D eigenvalue weighted by Gasteiger charge is -2.23. The van der Waals surface area contributed by atoms with Crippen LogP contribution in [0.3, 0.4) is 0 Å². The number of hydrogen-bond acceptors (Lipinski definition) is 3. The molecule has 5 nitrogen and oxygen atoms in total. The van der Waals surface area contributed by atoms with E-state index in [2.05, 4.69) is 19.2 Å². The van der Waals surface area contributed by atoms with Crippen molar-refractivity contribution in [1.29, 1.82) is 0 Å². The van der Waals surface area contributed by atoms with Crippen molar-refractivity contribution in [2.75, 3.05) is 11.9 Å². The van der Waals surface area contributed by atoms with Gasteiger partial charge in [0.05, 0.1) is 6.42 Å². The number of amides is 2. The molecule has 148 valence electrons. The maximum Gasteiger partial charge on any atom is 0.263 e. The van der Waals surface area contributed by atoms with Crippen molar-refractivity contribution in [2.45, 2.75) is 46.3 Å². The third-order valence-corrected chi connectivity index (χ3v) is 4.85. The van der Waals surface area contributed by atoms with E-state index >= 15 is 0 Å². The fourth-order valence-corrected chi connectivity index (χ4v) is 3.27. The largest absolute Gasteiger partial charge is 0.481 e. The lowest BCUT2D eigenvalue weighted by Crippen LogP contribution is -2.38. The Labute approximate surface area is 166 Å². The molecule has 0 saturated carbocycles. The minimum Gasteiger partial charge on any atom is -0.481 e. The molecule has 1 aliphatic heterocycles. The van der Waals surface area contributed by atoms with Crippen LogP contribution in [0.5, 0.6) is 5.75 Å². The predicted octanol–water partition coefficient (Wildman–Crippen LogP) is 4.02. The van der Waals surface area contributed by atoms with Crippen LogP contribution in [0.15, 0.2) is 48.5 Å². The number of hydrogen-bond donors (Lipinski definition) is 1. The van der Waals surface area contributed by atoms with Gasteiger partial charge < -0.3 is 15.0 Å². The van der Waals surface area contributed by atoms with E-state index in [1.54, 1.807) is 6.92 Å². The first-order valence-electron chi connectivity index (χ1n) is 9.84. The van der Waals surface area contributed by atoms with Gasteiger partial charge in [0.25, 0.3) is 5.91 Å². The summed E-state index contributed by atoms with van der Waals surface area (Å²) in [6.45, 7) is 7.28. The molecule has 1 heterocycles. The Morgan fingerprint density at radius 2 is 1.96 bits per heavy atom. The third-order valence-electron chi connectivity index (χ3n) is 4.85. The van der Waals surface area contributed by atoms with Crippen molar-refractivity contribution >= 4 is 17.5 Å². The van der Waals surface area contributed by atoms with Crippen LogP contribution in [0.2, 0.25) is 0 Å². The highest BCUT2D eigenvalue weighted by Crippen LogP contribution is 2.29. The molecule has 0 saturated heterocycles. The van der Waals surface area contributed by atoms with Crippen LogP contribution in [0.4, 0.5) is 5.69 Å². The predicted molar refractivity (Wildman–Crippen MR) is 110 cm³/mol. The van der Waals surface area contributed by atoms with Crippen LogP contribution in [0, 0.1) is 5.92 Å². The smallest absolute Gasteiger partial charge is 0.263 e. The highest BCUT2D eigenvalue weighted by Gasteiger charge is 2.27. The van der Waals surface area contributed by atoms with Crippen molar-refractivity contribution in [2.24, 2.45) is 5.92 Å². The molecule has 0 aromatic heterocycles. The van der Waals surface area contributed by atoms with Gasteiger partial charge in [-0.1, -0.05) is 44.2 Å². The van der Waals surface area contributed by atoms with Gasteiger partial charge in [-0.2, -0.15) is 0 Å². The summed E-state index contributed by atoms with van der Waals surface area (Å²) >= 11 is 0. The SMILES string of the molecule is CC(C)CCN1Cc2cc(NC(=O)Cc3ccccc3)ccc2OC(C)C1=O. The number of fused-ring (bicyclic) bond motifs is 1. The Hall–Kier alpha value is -2.82. The molecular formula is C23H28N2O3. The molecule has 0 aliphatic carbocycles. The van der Waals surface area contributed by atoms with Crippen LogP contribution < -0.4 is 10.1 Å². The van der Waals surface area contributed by atoms with Crippen LogP contribution in [-0.4, -0.2) is 29.4 Å². The van der Waals surface area contributed by atoms with Gasteiger partial charge in [0, 0.05) is 24.3 Å². The minimum atomic E-state index is -0.507.